The quantitative estimate of drug-likeness (QED) is 0.597. The van der Waals surface area contributed by atoms with Crippen molar-refractivity contribution in [1.29, 1.82) is 0 Å². The highest BCUT2D eigenvalue weighted by atomic mass is 79.9. The van der Waals surface area contributed by atoms with Crippen LogP contribution in [-0.4, -0.2) is 11.4 Å². The summed E-state index contributed by atoms with van der Waals surface area (Å²) in [5.74, 6) is -0.831. The monoisotopic (exact) mass is 448 g/mol. The normalized spacial score (nSPS) is 11.4. The number of rotatable bonds is 4. The molecule has 2 rings (SSSR count). The van der Waals surface area contributed by atoms with Crippen LogP contribution in [0.25, 0.3) is 0 Å². The van der Waals surface area contributed by atoms with Gasteiger partial charge in [0.2, 0.25) is 0 Å². The summed E-state index contributed by atoms with van der Waals surface area (Å²) in [7, 11) is 0. The molecule has 23 heavy (non-hydrogen) atoms. The number of aliphatic hydroxyl groups excluding tert-OH is 1. The maximum atomic E-state index is 13.2. The first-order valence-corrected chi connectivity index (χ1v) is 8.50. The third kappa shape index (κ3) is 6.49. The Labute approximate surface area is 150 Å². The van der Waals surface area contributed by atoms with E-state index >= 15 is 0 Å². The molecule has 1 atom stereocenters. The van der Waals surface area contributed by atoms with E-state index in [1.807, 2.05) is 6.92 Å². The summed E-state index contributed by atoms with van der Waals surface area (Å²) < 4.78 is 27.2. The van der Waals surface area contributed by atoms with Gasteiger partial charge in [-0.15, -0.1) is 0 Å². The van der Waals surface area contributed by atoms with Crippen LogP contribution in [0.5, 0.6) is 0 Å². The van der Waals surface area contributed by atoms with Gasteiger partial charge in [0.25, 0.3) is 0 Å². The molecule has 2 aromatic carbocycles. The summed E-state index contributed by atoms with van der Waals surface area (Å²) in [5, 5.41) is 9.56. The zero-order chi connectivity index (χ0) is 17.4. The molecule has 0 aliphatic carbocycles. The second-order valence-electron chi connectivity index (χ2n) is 4.75. The minimum absolute atomic E-state index is 0.0781. The number of carbonyl (C=O) groups excluding carboxylic acids is 1. The average Bonchev–Trinajstić information content (AvgIpc) is 2.53. The van der Waals surface area contributed by atoms with Gasteiger partial charge in [-0.05, 0) is 42.8 Å². The number of hydrogen-bond donors (Lipinski definition) is 1. The molecule has 0 fully saturated rings. The molecule has 6 heteroatoms. The van der Waals surface area contributed by atoms with Crippen LogP contribution in [0.1, 0.15) is 41.8 Å². The zero-order valence-corrected chi connectivity index (χ0v) is 15.6. The Balaban J connectivity index is 0.000000238. The van der Waals surface area contributed by atoms with Gasteiger partial charge in [-0.25, -0.2) is 8.78 Å². The maximum absolute atomic E-state index is 13.2. The van der Waals surface area contributed by atoms with Crippen molar-refractivity contribution in [3.63, 3.8) is 0 Å². The summed E-state index contributed by atoms with van der Waals surface area (Å²) in [6.45, 7) is 1.96. The van der Waals surface area contributed by atoms with Gasteiger partial charge in [-0.1, -0.05) is 45.2 Å². The van der Waals surface area contributed by atoms with Crippen molar-refractivity contribution in [3.8, 4) is 0 Å². The van der Waals surface area contributed by atoms with Crippen molar-refractivity contribution in [2.75, 3.05) is 0 Å². The van der Waals surface area contributed by atoms with E-state index in [0.717, 1.165) is 10.9 Å². The van der Waals surface area contributed by atoms with Gasteiger partial charge in [0.1, 0.15) is 11.6 Å². The van der Waals surface area contributed by atoms with Gasteiger partial charge >= 0.3 is 0 Å². The number of hydrogen-bond acceptors (Lipinski definition) is 2. The lowest BCUT2D eigenvalue weighted by Gasteiger charge is -2.10. The number of aliphatic hydroxyl groups is 1. The molecule has 0 aromatic heterocycles. The van der Waals surface area contributed by atoms with Crippen LogP contribution in [-0.2, 0) is 0 Å². The van der Waals surface area contributed by atoms with E-state index in [9.17, 15) is 18.7 Å². The van der Waals surface area contributed by atoms with Crippen LogP contribution in [0.2, 0.25) is 0 Å². The predicted octanol–water partition coefficient (Wildman–Crippen LogP) is 5.82. The van der Waals surface area contributed by atoms with E-state index in [2.05, 4.69) is 31.9 Å². The topological polar surface area (TPSA) is 37.3 Å². The number of halogens is 4. The van der Waals surface area contributed by atoms with Crippen molar-refractivity contribution in [2.45, 2.75) is 25.9 Å². The highest BCUT2D eigenvalue weighted by molar-refractivity contribution is 9.10. The Morgan fingerprint density at radius 1 is 1.09 bits per heavy atom. The zero-order valence-electron chi connectivity index (χ0n) is 12.4. The molecule has 1 unspecified atom stereocenters. The summed E-state index contributed by atoms with van der Waals surface area (Å²) in [6, 6.07) is 8.82. The Hall–Kier alpha value is -1.11. The smallest absolute Gasteiger partial charge is 0.153 e. The second-order valence-corrected chi connectivity index (χ2v) is 6.59. The lowest BCUT2D eigenvalue weighted by atomic mass is 10.1. The van der Waals surface area contributed by atoms with E-state index in [4.69, 9.17) is 0 Å². The molecule has 0 bridgehead atoms. The van der Waals surface area contributed by atoms with Crippen LogP contribution in [0.15, 0.2) is 45.3 Å². The number of benzene rings is 2. The fraction of sp³-hybridized carbons (Fsp3) is 0.235. The third-order valence-electron chi connectivity index (χ3n) is 2.96. The van der Waals surface area contributed by atoms with E-state index < -0.39 is 11.9 Å². The molecular weight excluding hydrogens is 434 g/mol. The summed E-state index contributed by atoms with van der Waals surface area (Å²) in [5.41, 5.74) is 0.450. The molecule has 0 heterocycles. The number of aldehydes is 1. The lowest BCUT2D eigenvalue weighted by molar-refractivity contribution is 0.111. The van der Waals surface area contributed by atoms with Crippen LogP contribution < -0.4 is 0 Å². The molecule has 0 saturated carbocycles. The van der Waals surface area contributed by atoms with Gasteiger partial charge in [0, 0.05) is 14.5 Å². The maximum Gasteiger partial charge on any atom is 0.153 e. The first kappa shape index (κ1) is 19.9. The Bertz CT molecular complexity index is 663. The minimum Gasteiger partial charge on any atom is -0.388 e. The molecule has 124 valence electrons. The molecule has 2 nitrogen and oxygen atoms in total. The summed E-state index contributed by atoms with van der Waals surface area (Å²) >= 11 is 6.35. The van der Waals surface area contributed by atoms with E-state index in [-0.39, 0.29) is 11.4 Å². The first-order valence-electron chi connectivity index (χ1n) is 6.92. The van der Waals surface area contributed by atoms with Crippen molar-refractivity contribution < 1.29 is 18.7 Å². The molecule has 0 spiro atoms. The molecule has 0 aliphatic heterocycles. The largest absolute Gasteiger partial charge is 0.388 e. The van der Waals surface area contributed by atoms with Gasteiger partial charge in [-0.3, -0.25) is 4.79 Å². The molecule has 0 saturated heterocycles. The van der Waals surface area contributed by atoms with Gasteiger partial charge < -0.3 is 5.11 Å². The van der Waals surface area contributed by atoms with Crippen molar-refractivity contribution >= 4 is 38.1 Å². The molecule has 0 radical (unpaired) electrons. The molecular formula is C17H16Br2F2O2. The van der Waals surface area contributed by atoms with Crippen molar-refractivity contribution in [3.05, 3.63) is 68.1 Å². The Morgan fingerprint density at radius 3 is 2.17 bits per heavy atom. The molecule has 2 aromatic rings. The van der Waals surface area contributed by atoms with Crippen LogP contribution in [0, 0.1) is 11.6 Å². The molecule has 1 N–H and O–H groups in total. The standard InChI is InChI=1S/C10H12BrFO.C7H4BrFO/c1-2-3-10(13)8-6-7(11)4-5-9(8)12;8-6-1-2-7(9)5(3-6)4-10/h4-6,10,13H,2-3H2,1H3;1-4H. The van der Waals surface area contributed by atoms with Gasteiger partial charge in [-0.2, -0.15) is 0 Å². The fourth-order valence-corrected chi connectivity index (χ4v) is 2.56. The Morgan fingerprint density at radius 2 is 1.65 bits per heavy atom. The minimum atomic E-state index is -0.692. The van der Waals surface area contributed by atoms with E-state index in [0.29, 0.717) is 22.7 Å². The van der Waals surface area contributed by atoms with E-state index in [1.165, 1.54) is 18.2 Å². The van der Waals surface area contributed by atoms with Crippen LogP contribution >= 0.6 is 31.9 Å². The van der Waals surface area contributed by atoms with E-state index in [1.54, 1.807) is 18.2 Å². The van der Waals surface area contributed by atoms with Crippen molar-refractivity contribution in [2.24, 2.45) is 0 Å². The fourth-order valence-electron chi connectivity index (χ4n) is 1.80. The van der Waals surface area contributed by atoms with Gasteiger partial charge in [0.15, 0.2) is 6.29 Å². The van der Waals surface area contributed by atoms with Crippen LogP contribution in [0.4, 0.5) is 8.78 Å². The number of carbonyl (C=O) groups is 1. The van der Waals surface area contributed by atoms with Crippen LogP contribution in [0.3, 0.4) is 0 Å². The Kier molecular flexibility index (Phi) is 8.58. The van der Waals surface area contributed by atoms with Gasteiger partial charge in [0.05, 0.1) is 11.7 Å². The summed E-state index contributed by atoms with van der Waals surface area (Å²) in [6.07, 6.45) is 1.23. The highest BCUT2D eigenvalue weighted by Crippen LogP contribution is 2.24. The molecule has 0 aliphatic rings. The first-order chi connectivity index (χ1) is 10.9. The predicted molar refractivity (Wildman–Crippen MR) is 93.5 cm³/mol. The highest BCUT2D eigenvalue weighted by Gasteiger charge is 2.11. The SMILES string of the molecule is CCCC(O)c1cc(Br)ccc1F.O=Cc1cc(Br)ccc1F. The lowest BCUT2D eigenvalue weighted by Crippen LogP contribution is -1.99. The average molecular weight is 450 g/mol. The third-order valence-corrected chi connectivity index (χ3v) is 3.95. The van der Waals surface area contributed by atoms with Crippen molar-refractivity contribution in [1.82, 2.24) is 0 Å². The second kappa shape index (κ2) is 9.90. The molecule has 0 amide bonds. The summed E-state index contributed by atoms with van der Waals surface area (Å²) in [4.78, 5) is 10.1.